The van der Waals surface area contributed by atoms with Gasteiger partial charge in [-0.2, -0.15) is 13.2 Å². The molecule has 0 fully saturated rings. The molecule has 2 aromatic carbocycles. The van der Waals surface area contributed by atoms with Crippen LogP contribution in [-0.2, 0) is 19.6 Å². The molecule has 0 spiro atoms. The van der Waals surface area contributed by atoms with Crippen molar-refractivity contribution in [2.45, 2.75) is 19.0 Å². The molecule has 5 aromatic rings. The van der Waals surface area contributed by atoms with Gasteiger partial charge in [0.15, 0.2) is 5.78 Å². The number of carbonyl (C=O) groups is 1. The second-order valence-corrected chi connectivity index (χ2v) is 8.63. The first-order chi connectivity index (χ1) is 16.7. The van der Waals surface area contributed by atoms with Gasteiger partial charge in [-0.15, -0.1) is 0 Å². The molecule has 9 heteroatoms. The number of hydrogen-bond donors (Lipinski definition) is 0. The van der Waals surface area contributed by atoms with E-state index in [1.165, 1.54) is 10.8 Å². The van der Waals surface area contributed by atoms with E-state index in [1.807, 2.05) is 6.07 Å². The molecule has 0 unspecified atom stereocenters. The van der Waals surface area contributed by atoms with Gasteiger partial charge >= 0.3 is 11.9 Å². The van der Waals surface area contributed by atoms with E-state index < -0.39 is 11.7 Å². The predicted molar refractivity (Wildman–Crippen MR) is 125 cm³/mol. The van der Waals surface area contributed by atoms with Gasteiger partial charge in [-0.1, -0.05) is 6.07 Å². The normalized spacial score (nSPS) is 13.7. The minimum absolute atomic E-state index is 0.0887. The van der Waals surface area contributed by atoms with Crippen LogP contribution in [0.3, 0.4) is 0 Å². The number of benzene rings is 2. The highest BCUT2D eigenvalue weighted by Crippen LogP contribution is 2.34. The van der Waals surface area contributed by atoms with Crippen molar-refractivity contribution in [3.63, 3.8) is 0 Å². The molecule has 3 aromatic heterocycles. The molecular formula is C26H17F3N4O2. The Morgan fingerprint density at radius 1 is 0.914 bits per heavy atom. The van der Waals surface area contributed by atoms with E-state index in [9.17, 15) is 22.8 Å². The summed E-state index contributed by atoms with van der Waals surface area (Å²) in [7, 11) is 1.64. The summed E-state index contributed by atoms with van der Waals surface area (Å²) >= 11 is 0. The Labute approximate surface area is 196 Å². The van der Waals surface area contributed by atoms with Crippen LogP contribution in [0, 0.1) is 0 Å². The number of aryl methyl sites for hydroxylation is 2. The molecule has 6 nitrogen and oxygen atoms in total. The smallest absolute Gasteiger partial charge is 0.294 e. The number of imidazole rings is 1. The monoisotopic (exact) mass is 474 g/mol. The highest BCUT2D eigenvalue weighted by molar-refractivity contribution is 6.05. The second-order valence-electron chi connectivity index (χ2n) is 8.63. The summed E-state index contributed by atoms with van der Waals surface area (Å²) in [4.78, 5) is 33.6. The Morgan fingerprint density at radius 3 is 2.54 bits per heavy atom. The van der Waals surface area contributed by atoms with Crippen LogP contribution >= 0.6 is 0 Å². The van der Waals surface area contributed by atoms with Gasteiger partial charge in [0, 0.05) is 42.4 Å². The highest BCUT2D eigenvalue weighted by Gasteiger charge is 2.31. The van der Waals surface area contributed by atoms with E-state index in [0.717, 1.165) is 17.8 Å². The fourth-order valence-electron chi connectivity index (χ4n) is 4.75. The van der Waals surface area contributed by atoms with Crippen molar-refractivity contribution in [2.75, 3.05) is 0 Å². The van der Waals surface area contributed by atoms with E-state index in [2.05, 4.69) is 9.97 Å². The fraction of sp³-hybridized carbons (Fsp3) is 0.154. The third-order valence-electron chi connectivity index (χ3n) is 6.55. The van der Waals surface area contributed by atoms with Gasteiger partial charge in [0.1, 0.15) is 0 Å². The average molecular weight is 474 g/mol. The molecule has 0 atom stereocenters. The fourth-order valence-corrected chi connectivity index (χ4v) is 4.75. The number of aromatic nitrogens is 4. The Hall–Kier alpha value is -4.27. The average Bonchev–Trinajstić information content (AvgIpc) is 3.35. The summed E-state index contributed by atoms with van der Waals surface area (Å²) in [6, 6.07) is 11.5. The van der Waals surface area contributed by atoms with Crippen LogP contribution in [0.5, 0.6) is 0 Å². The number of halogens is 3. The number of fused-ring (bicyclic) bond motifs is 4. The largest absolute Gasteiger partial charge is 0.417 e. The Balaban J connectivity index is 1.62. The van der Waals surface area contributed by atoms with E-state index in [-0.39, 0.29) is 11.5 Å². The van der Waals surface area contributed by atoms with Gasteiger partial charge in [0.2, 0.25) is 0 Å². The van der Waals surface area contributed by atoms with Crippen molar-refractivity contribution in [2.24, 2.45) is 7.05 Å². The SMILES string of the molecule is Cn1c(=O)n(-c2ccc3c(c2)CCC3=O)c2c3cc(-c4cncc(C(F)(F)F)c4)ccc3ncc21. The number of ketones is 1. The molecule has 0 bridgehead atoms. The zero-order valence-corrected chi connectivity index (χ0v) is 18.4. The first kappa shape index (κ1) is 21.3. The first-order valence-corrected chi connectivity index (χ1v) is 10.9. The highest BCUT2D eigenvalue weighted by atomic mass is 19.4. The lowest BCUT2D eigenvalue weighted by Crippen LogP contribution is -2.21. The lowest BCUT2D eigenvalue weighted by molar-refractivity contribution is -0.137. The number of hydrogen-bond acceptors (Lipinski definition) is 4. The first-order valence-electron chi connectivity index (χ1n) is 10.9. The second kappa shape index (κ2) is 7.36. The maximum Gasteiger partial charge on any atom is 0.417 e. The molecule has 0 aliphatic heterocycles. The van der Waals surface area contributed by atoms with Crippen LogP contribution in [0.15, 0.2) is 65.8 Å². The van der Waals surface area contributed by atoms with Crippen molar-refractivity contribution in [1.29, 1.82) is 0 Å². The van der Waals surface area contributed by atoms with Gasteiger partial charge in [-0.25, -0.2) is 4.79 Å². The number of alkyl halides is 3. The minimum Gasteiger partial charge on any atom is -0.294 e. The van der Waals surface area contributed by atoms with Crippen LogP contribution < -0.4 is 5.69 Å². The number of carbonyl (C=O) groups excluding carboxylic acids is 1. The summed E-state index contributed by atoms with van der Waals surface area (Å²) in [5.74, 6) is 0.0887. The lowest BCUT2D eigenvalue weighted by atomic mass is 10.0. The Kier molecular flexibility index (Phi) is 4.48. The summed E-state index contributed by atoms with van der Waals surface area (Å²) in [5, 5.41) is 0.617. The molecule has 0 N–H and O–H groups in total. The van der Waals surface area contributed by atoms with E-state index >= 15 is 0 Å². The number of nitrogens with zero attached hydrogens (tertiary/aromatic N) is 4. The summed E-state index contributed by atoms with van der Waals surface area (Å²) < 4.78 is 42.8. The molecular weight excluding hydrogens is 457 g/mol. The van der Waals surface area contributed by atoms with Crippen molar-refractivity contribution in [3.05, 3.63) is 88.2 Å². The molecule has 0 saturated heterocycles. The molecule has 0 radical (unpaired) electrons. The van der Waals surface area contributed by atoms with Crippen molar-refractivity contribution >= 4 is 27.7 Å². The number of rotatable bonds is 2. The van der Waals surface area contributed by atoms with Crippen LogP contribution in [0.1, 0.15) is 27.9 Å². The zero-order chi connectivity index (χ0) is 24.5. The maximum absolute atomic E-state index is 13.3. The molecule has 0 saturated carbocycles. The van der Waals surface area contributed by atoms with Gasteiger partial charge in [-0.05, 0) is 53.9 Å². The van der Waals surface area contributed by atoms with Gasteiger partial charge in [-0.3, -0.25) is 23.9 Å². The molecule has 0 amide bonds. The van der Waals surface area contributed by atoms with Gasteiger partial charge < -0.3 is 0 Å². The third kappa shape index (κ3) is 3.26. The summed E-state index contributed by atoms with van der Waals surface area (Å²) in [6.07, 6.45) is 0.333. The van der Waals surface area contributed by atoms with Gasteiger partial charge in [0.25, 0.3) is 0 Å². The number of Topliss-reactive ketones (excluding diaryl/α,β-unsaturated/α-hetero) is 1. The van der Waals surface area contributed by atoms with Crippen molar-refractivity contribution < 1.29 is 18.0 Å². The Bertz CT molecular complexity index is 1750. The lowest BCUT2D eigenvalue weighted by Gasteiger charge is -2.10. The molecule has 174 valence electrons. The maximum atomic E-state index is 13.3. The zero-order valence-electron chi connectivity index (χ0n) is 18.4. The topological polar surface area (TPSA) is 69.8 Å². The molecule has 6 rings (SSSR count). The summed E-state index contributed by atoms with van der Waals surface area (Å²) in [5.41, 5.74) is 3.66. The molecule has 1 aliphatic rings. The van der Waals surface area contributed by atoms with Crippen LogP contribution in [0.2, 0.25) is 0 Å². The van der Waals surface area contributed by atoms with E-state index in [4.69, 9.17) is 0 Å². The molecule has 1 aliphatic carbocycles. The summed E-state index contributed by atoms with van der Waals surface area (Å²) in [6.45, 7) is 0. The van der Waals surface area contributed by atoms with E-state index in [0.29, 0.717) is 57.2 Å². The van der Waals surface area contributed by atoms with Crippen molar-refractivity contribution in [1.82, 2.24) is 19.1 Å². The van der Waals surface area contributed by atoms with Crippen molar-refractivity contribution in [3.8, 4) is 16.8 Å². The quantitative estimate of drug-likeness (QED) is 0.358. The standard InChI is InChI=1S/C26H17F3N4O2/c1-32-22-13-31-21-6-2-14(16-8-17(12-30-11-16)26(27,28)29)10-20(21)24(22)33(25(32)35)18-4-5-19-15(9-18)3-7-23(19)34/h2,4-6,8-13H,3,7H2,1H3. The predicted octanol–water partition coefficient (Wildman–Crippen LogP) is 5.09. The van der Waals surface area contributed by atoms with Crippen LogP contribution in [0.4, 0.5) is 13.2 Å². The minimum atomic E-state index is -4.51. The third-order valence-corrected chi connectivity index (χ3v) is 6.55. The number of pyridine rings is 2. The van der Waals surface area contributed by atoms with Gasteiger partial charge in [0.05, 0.1) is 34.0 Å². The molecule has 35 heavy (non-hydrogen) atoms. The Morgan fingerprint density at radius 2 is 1.74 bits per heavy atom. The molecule has 3 heterocycles. The van der Waals surface area contributed by atoms with Crippen LogP contribution in [-0.4, -0.2) is 24.9 Å². The van der Waals surface area contributed by atoms with Crippen LogP contribution in [0.25, 0.3) is 38.8 Å². The van der Waals surface area contributed by atoms with E-state index in [1.54, 1.807) is 48.1 Å².